The summed E-state index contributed by atoms with van der Waals surface area (Å²) in [6.07, 6.45) is 2.65. The Bertz CT molecular complexity index is 407. The number of nitrogens with zero attached hydrogens (tertiary/aromatic N) is 1. The summed E-state index contributed by atoms with van der Waals surface area (Å²) < 4.78 is 0. The summed E-state index contributed by atoms with van der Waals surface area (Å²) in [5.41, 5.74) is 10.3. The van der Waals surface area contributed by atoms with Crippen LogP contribution in [0.2, 0.25) is 0 Å². The molecule has 0 aromatic heterocycles. The Morgan fingerprint density at radius 2 is 1.89 bits per heavy atom. The zero-order chi connectivity index (χ0) is 14.0. The van der Waals surface area contributed by atoms with Gasteiger partial charge in [-0.25, -0.2) is 0 Å². The van der Waals surface area contributed by atoms with Gasteiger partial charge in [0.15, 0.2) is 0 Å². The maximum Gasteiger partial charge on any atom is 0.0478 e. The van der Waals surface area contributed by atoms with Gasteiger partial charge in [-0.2, -0.15) is 0 Å². The Balaban J connectivity index is 2.34. The highest BCUT2D eigenvalue weighted by Crippen LogP contribution is 2.33. The second kappa shape index (κ2) is 6.06. The number of hydrogen-bond donors (Lipinski definition) is 1. The molecule has 3 atom stereocenters. The van der Waals surface area contributed by atoms with Crippen LogP contribution < -0.4 is 5.73 Å². The largest absolute Gasteiger partial charge is 0.329 e. The van der Waals surface area contributed by atoms with Crippen LogP contribution in [0.15, 0.2) is 18.2 Å². The molecule has 0 amide bonds. The van der Waals surface area contributed by atoms with E-state index in [2.05, 4.69) is 50.8 Å². The normalized spacial score (nSPS) is 26.4. The SMILES string of the molecule is Cc1cccc(C)c1C(CN)N1CCCC(C)C1C. The van der Waals surface area contributed by atoms with Gasteiger partial charge in [-0.15, -0.1) is 0 Å². The van der Waals surface area contributed by atoms with E-state index in [4.69, 9.17) is 5.73 Å². The summed E-state index contributed by atoms with van der Waals surface area (Å²) in [6.45, 7) is 11.0. The second-order valence-corrected chi connectivity index (χ2v) is 6.15. The lowest BCUT2D eigenvalue weighted by atomic mass is 9.87. The van der Waals surface area contributed by atoms with E-state index in [0.717, 1.165) is 5.92 Å². The summed E-state index contributed by atoms with van der Waals surface area (Å²) in [4.78, 5) is 2.63. The molecule has 3 unspecified atom stereocenters. The lowest BCUT2D eigenvalue weighted by molar-refractivity contribution is 0.0704. The zero-order valence-corrected chi connectivity index (χ0v) is 12.8. The summed E-state index contributed by atoms with van der Waals surface area (Å²) in [5.74, 6) is 0.770. The van der Waals surface area contributed by atoms with E-state index >= 15 is 0 Å². The quantitative estimate of drug-likeness (QED) is 0.902. The van der Waals surface area contributed by atoms with E-state index < -0.39 is 0 Å². The van der Waals surface area contributed by atoms with Crippen LogP contribution in [0.4, 0.5) is 0 Å². The van der Waals surface area contributed by atoms with Gasteiger partial charge >= 0.3 is 0 Å². The highest BCUT2D eigenvalue weighted by atomic mass is 15.2. The molecule has 1 saturated heterocycles. The van der Waals surface area contributed by atoms with Crippen molar-refractivity contribution in [3.8, 4) is 0 Å². The summed E-state index contributed by atoms with van der Waals surface area (Å²) >= 11 is 0. The van der Waals surface area contributed by atoms with Crippen molar-refractivity contribution in [3.05, 3.63) is 34.9 Å². The first-order valence-electron chi connectivity index (χ1n) is 7.58. The van der Waals surface area contributed by atoms with Crippen LogP contribution in [-0.2, 0) is 0 Å². The number of likely N-dealkylation sites (tertiary alicyclic amines) is 1. The number of benzene rings is 1. The van der Waals surface area contributed by atoms with Crippen molar-refractivity contribution in [2.75, 3.05) is 13.1 Å². The topological polar surface area (TPSA) is 29.3 Å². The van der Waals surface area contributed by atoms with E-state index in [1.165, 1.54) is 36.1 Å². The molecule has 1 heterocycles. The molecular weight excluding hydrogens is 232 g/mol. The standard InChI is InChI=1S/C17H28N2/c1-12-9-6-10-19(15(12)4)16(11-18)17-13(2)7-5-8-14(17)3/h5,7-8,12,15-16H,6,9-11,18H2,1-4H3. The molecule has 19 heavy (non-hydrogen) atoms. The van der Waals surface area contributed by atoms with Crippen molar-refractivity contribution < 1.29 is 0 Å². The Labute approximate surface area is 118 Å². The van der Waals surface area contributed by atoms with Gasteiger partial charge in [-0.3, -0.25) is 4.90 Å². The Morgan fingerprint density at radius 1 is 1.26 bits per heavy atom. The number of nitrogens with two attached hydrogens (primary N) is 1. The Morgan fingerprint density at radius 3 is 2.47 bits per heavy atom. The fourth-order valence-electron chi connectivity index (χ4n) is 3.58. The molecule has 1 aromatic carbocycles. The van der Waals surface area contributed by atoms with Gasteiger partial charge in [0.1, 0.15) is 0 Å². The molecule has 1 aromatic rings. The highest BCUT2D eigenvalue weighted by Gasteiger charge is 2.31. The minimum Gasteiger partial charge on any atom is -0.329 e. The second-order valence-electron chi connectivity index (χ2n) is 6.15. The summed E-state index contributed by atoms with van der Waals surface area (Å²) in [7, 11) is 0. The lowest BCUT2D eigenvalue weighted by Crippen LogP contribution is -2.47. The first-order valence-corrected chi connectivity index (χ1v) is 7.58. The molecule has 0 bridgehead atoms. The van der Waals surface area contributed by atoms with Crippen molar-refractivity contribution in [1.82, 2.24) is 4.90 Å². The fourth-order valence-corrected chi connectivity index (χ4v) is 3.58. The van der Waals surface area contributed by atoms with Gasteiger partial charge < -0.3 is 5.73 Å². The van der Waals surface area contributed by atoms with Crippen LogP contribution in [0, 0.1) is 19.8 Å². The minimum absolute atomic E-state index is 0.374. The summed E-state index contributed by atoms with van der Waals surface area (Å²) in [5, 5.41) is 0. The van der Waals surface area contributed by atoms with Gasteiger partial charge in [0.25, 0.3) is 0 Å². The molecule has 0 saturated carbocycles. The van der Waals surface area contributed by atoms with Crippen molar-refractivity contribution in [3.63, 3.8) is 0 Å². The number of hydrogen-bond acceptors (Lipinski definition) is 2. The van der Waals surface area contributed by atoms with E-state index in [1.54, 1.807) is 0 Å². The van der Waals surface area contributed by atoms with Crippen LogP contribution in [0.1, 0.15) is 49.4 Å². The molecule has 2 N–H and O–H groups in total. The van der Waals surface area contributed by atoms with Crippen molar-refractivity contribution >= 4 is 0 Å². The smallest absolute Gasteiger partial charge is 0.0478 e. The van der Waals surface area contributed by atoms with E-state index in [0.29, 0.717) is 18.6 Å². The fraction of sp³-hybridized carbons (Fsp3) is 0.647. The molecule has 2 rings (SSSR count). The number of rotatable bonds is 3. The molecule has 1 aliphatic heterocycles. The molecule has 2 nitrogen and oxygen atoms in total. The first-order chi connectivity index (χ1) is 9.06. The molecule has 1 aliphatic rings. The maximum absolute atomic E-state index is 6.14. The molecule has 0 spiro atoms. The lowest BCUT2D eigenvalue weighted by Gasteiger charge is -2.43. The molecular formula is C17H28N2. The predicted molar refractivity (Wildman–Crippen MR) is 82.3 cm³/mol. The monoisotopic (exact) mass is 260 g/mol. The molecule has 0 radical (unpaired) electrons. The van der Waals surface area contributed by atoms with Gasteiger partial charge in [0.2, 0.25) is 0 Å². The van der Waals surface area contributed by atoms with Crippen molar-refractivity contribution in [2.24, 2.45) is 11.7 Å². The first kappa shape index (κ1) is 14.5. The summed E-state index contributed by atoms with van der Waals surface area (Å²) in [6, 6.07) is 7.57. The average Bonchev–Trinajstić information content (AvgIpc) is 2.38. The van der Waals surface area contributed by atoms with E-state index in [9.17, 15) is 0 Å². The van der Waals surface area contributed by atoms with Crippen molar-refractivity contribution in [1.29, 1.82) is 0 Å². The molecule has 1 fully saturated rings. The van der Waals surface area contributed by atoms with Crippen molar-refractivity contribution in [2.45, 2.75) is 52.6 Å². The molecule has 106 valence electrons. The van der Waals surface area contributed by atoms with Gasteiger partial charge in [-0.1, -0.05) is 25.1 Å². The number of piperidine rings is 1. The molecule has 0 aliphatic carbocycles. The number of aryl methyl sites for hydroxylation is 2. The third-order valence-electron chi connectivity index (χ3n) is 4.92. The average molecular weight is 260 g/mol. The van der Waals surface area contributed by atoms with Gasteiger partial charge in [-0.05, 0) is 62.8 Å². The zero-order valence-electron chi connectivity index (χ0n) is 12.8. The van der Waals surface area contributed by atoms with E-state index in [-0.39, 0.29) is 0 Å². The van der Waals surface area contributed by atoms with Crippen LogP contribution in [-0.4, -0.2) is 24.0 Å². The molecule has 2 heteroatoms. The minimum atomic E-state index is 0.374. The van der Waals surface area contributed by atoms with Crippen LogP contribution >= 0.6 is 0 Å². The predicted octanol–water partition coefficient (Wildman–Crippen LogP) is 3.42. The Hall–Kier alpha value is -0.860. The highest BCUT2D eigenvalue weighted by molar-refractivity contribution is 5.36. The van der Waals surface area contributed by atoms with Gasteiger partial charge in [0.05, 0.1) is 0 Å². The third kappa shape index (κ3) is 2.85. The van der Waals surface area contributed by atoms with Crippen LogP contribution in [0.3, 0.4) is 0 Å². The Kier molecular flexibility index (Phi) is 4.64. The van der Waals surface area contributed by atoms with Gasteiger partial charge in [0, 0.05) is 18.6 Å². The van der Waals surface area contributed by atoms with E-state index in [1.807, 2.05) is 0 Å². The van der Waals surface area contributed by atoms with Crippen LogP contribution in [0.5, 0.6) is 0 Å². The van der Waals surface area contributed by atoms with Crippen LogP contribution in [0.25, 0.3) is 0 Å². The third-order valence-corrected chi connectivity index (χ3v) is 4.92. The maximum atomic E-state index is 6.14.